The highest BCUT2D eigenvalue weighted by Crippen LogP contribution is 2.44. The zero-order valence-corrected chi connectivity index (χ0v) is 24.5. The molecule has 1 aromatic carbocycles. The summed E-state index contributed by atoms with van der Waals surface area (Å²) in [5.41, 5.74) is -0.896. The summed E-state index contributed by atoms with van der Waals surface area (Å²) < 4.78 is 44.1. The van der Waals surface area contributed by atoms with Crippen molar-refractivity contribution in [3.63, 3.8) is 0 Å². The van der Waals surface area contributed by atoms with E-state index in [1.165, 1.54) is 25.3 Å². The van der Waals surface area contributed by atoms with Crippen molar-refractivity contribution in [1.29, 1.82) is 0 Å². The minimum Gasteiger partial charge on any atom is -0.507 e. The van der Waals surface area contributed by atoms with E-state index in [-0.39, 0.29) is 65.8 Å². The van der Waals surface area contributed by atoms with E-state index in [4.69, 9.17) is 9.47 Å². The number of anilines is 1. The van der Waals surface area contributed by atoms with E-state index in [0.717, 1.165) is 10.6 Å². The van der Waals surface area contributed by atoms with Crippen molar-refractivity contribution in [2.45, 2.75) is 32.7 Å². The lowest BCUT2D eigenvalue weighted by Crippen LogP contribution is -2.56. The highest BCUT2D eigenvalue weighted by atomic mass is 19.1. The molecule has 0 aliphatic carbocycles. The molecular weight excluding hydrogens is 576 g/mol. The highest BCUT2D eigenvalue weighted by molar-refractivity contribution is 5.97. The number of halogens is 2. The van der Waals surface area contributed by atoms with Gasteiger partial charge in [-0.15, -0.1) is 0 Å². The first-order chi connectivity index (χ1) is 21.0. The third-order valence-electron chi connectivity index (χ3n) is 7.81. The molecule has 5 heterocycles. The molecule has 1 atom stereocenters. The number of aromatic nitrogens is 5. The van der Waals surface area contributed by atoms with Crippen LogP contribution in [0.2, 0.25) is 0 Å². The highest BCUT2D eigenvalue weighted by Gasteiger charge is 2.38. The second-order valence-electron chi connectivity index (χ2n) is 10.8. The molecule has 4 aromatic rings. The number of hydrogen-bond donors (Lipinski definition) is 1. The average Bonchev–Trinajstić information content (AvgIpc) is 3.16. The zero-order chi connectivity index (χ0) is 31.4. The van der Waals surface area contributed by atoms with E-state index < -0.39 is 40.4 Å². The number of carbonyl (C=O) groups is 1. The maximum atomic E-state index is 16.5. The summed E-state index contributed by atoms with van der Waals surface area (Å²) in [6.45, 7) is 9.61. The smallest absolute Gasteiger partial charge is 0.355 e. The molecule has 12 nitrogen and oxygen atoms in total. The Labute approximate surface area is 250 Å². The third kappa shape index (κ3) is 4.48. The summed E-state index contributed by atoms with van der Waals surface area (Å²) in [6.07, 6.45) is 1.21. The number of phenols is 1. The summed E-state index contributed by atoms with van der Waals surface area (Å²) in [5.74, 6) is -3.25. The van der Waals surface area contributed by atoms with E-state index in [9.17, 15) is 14.7 Å². The lowest BCUT2D eigenvalue weighted by Gasteiger charge is -2.40. The summed E-state index contributed by atoms with van der Waals surface area (Å²) >= 11 is 0. The number of hydrogen-bond acceptors (Lipinski definition) is 10. The third-order valence-corrected chi connectivity index (χ3v) is 7.81. The van der Waals surface area contributed by atoms with Crippen LogP contribution in [-0.2, 0) is 4.79 Å². The van der Waals surface area contributed by atoms with Crippen LogP contribution in [0.4, 0.5) is 14.6 Å². The minimum atomic E-state index is -1.04. The Morgan fingerprint density at radius 1 is 1.20 bits per heavy atom. The molecule has 228 valence electrons. The van der Waals surface area contributed by atoms with Crippen LogP contribution in [0.5, 0.6) is 17.5 Å². The standard InChI is InChI=1S/C30H29F2N7O5/c1-6-19(41)37-10-11-38-16(12-37)13-44-26-21-27(38)36-30(42)39(25-15(4)33-29(43-5)35-23(25)14(2)3)28(21)34-24(22(26)32)20-17(31)8-7-9-18(20)40/h6-9,14,16,40H,1,10-13H2,2-5H3/t16-/m1/s1. The SMILES string of the molecule is C=CC(=O)N1CCN2c3nc(=O)n(-c4c(C)nc(OC)nc4C(C)C)c4nc(-c5c(O)cccc5F)c(F)c(c34)OC[C@H]2C1. The van der Waals surface area contributed by atoms with E-state index in [1.54, 1.807) is 16.7 Å². The molecule has 0 radical (unpaired) electrons. The molecule has 0 bridgehead atoms. The van der Waals surface area contributed by atoms with Gasteiger partial charge in [0.2, 0.25) is 5.91 Å². The zero-order valence-electron chi connectivity index (χ0n) is 24.5. The van der Waals surface area contributed by atoms with Crippen molar-refractivity contribution in [3.05, 3.63) is 64.4 Å². The summed E-state index contributed by atoms with van der Waals surface area (Å²) in [5, 5.41) is 10.7. The number of piperazine rings is 1. The van der Waals surface area contributed by atoms with E-state index in [2.05, 4.69) is 26.5 Å². The number of aryl methyl sites for hydroxylation is 1. The van der Waals surface area contributed by atoms with Crippen molar-refractivity contribution >= 4 is 22.8 Å². The first-order valence-electron chi connectivity index (χ1n) is 13.9. The van der Waals surface area contributed by atoms with Crippen molar-refractivity contribution in [3.8, 4) is 34.5 Å². The van der Waals surface area contributed by atoms with Crippen LogP contribution in [0.1, 0.15) is 31.2 Å². The lowest BCUT2D eigenvalue weighted by atomic mass is 10.1. The van der Waals surface area contributed by atoms with Gasteiger partial charge in [0.25, 0.3) is 0 Å². The van der Waals surface area contributed by atoms with Gasteiger partial charge < -0.3 is 24.4 Å². The fourth-order valence-electron chi connectivity index (χ4n) is 5.76. The Hall–Kier alpha value is -5.14. The number of pyridine rings is 1. The predicted molar refractivity (Wildman–Crippen MR) is 157 cm³/mol. The number of amides is 1. The largest absolute Gasteiger partial charge is 0.507 e. The molecule has 1 fully saturated rings. The Bertz CT molecular complexity index is 1890. The molecule has 14 heteroatoms. The van der Waals surface area contributed by atoms with Gasteiger partial charge in [-0.05, 0) is 31.1 Å². The van der Waals surface area contributed by atoms with Gasteiger partial charge in [0.15, 0.2) is 17.2 Å². The van der Waals surface area contributed by atoms with E-state index in [0.29, 0.717) is 17.9 Å². The van der Waals surface area contributed by atoms with Crippen LogP contribution in [0, 0.1) is 18.6 Å². The summed E-state index contributed by atoms with van der Waals surface area (Å²) in [6, 6.07) is 3.13. The Morgan fingerprint density at radius 2 is 1.98 bits per heavy atom. The van der Waals surface area contributed by atoms with Gasteiger partial charge in [0.05, 0.1) is 35.8 Å². The molecular formula is C30H29F2N7O5. The molecule has 1 saturated heterocycles. The molecule has 44 heavy (non-hydrogen) atoms. The number of aromatic hydroxyl groups is 1. The molecule has 1 N–H and O–H groups in total. The van der Waals surface area contributed by atoms with Gasteiger partial charge >= 0.3 is 11.7 Å². The van der Waals surface area contributed by atoms with Crippen LogP contribution >= 0.6 is 0 Å². The van der Waals surface area contributed by atoms with Crippen LogP contribution in [0.15, 0.2) is 35.6 Å². The van der Waals surface area contributed by atoms with Crippen molar-refractivity contribution in [2.75, 3.05) is 38.3 Å². The number of nitrogens with zero attached hydrogens (tertiary/aromatic N) is 7. The maximum Gasteiger partial charge on any atom is 0.355 e. The number of carbonyl (C=O) groups excluding carboxylic acids is 1. The molecule has 0 saturated carbocycles. The summed E-state index contributed by atoms with van der Waals surface area (Å²) in [4.78, 5) is 47.6. The van der Waals surface area contributed by atoms with Crippen molar-refractivity contribution in [1.82, 2.24) is 29.4 Å². The minimum absolute atomic E-state index is 0.0672. The molecule has 2 aliphatic rings. The van der Waals surface area contributed by atoms with Crippen LogP contribution in [0.3, 0.4) is 0 Å². The number of rotatable bonds is 5. The molecule has 2 aliphatic heterocycles. The molecule has 6 rings (SSSR count). The lowest BCUT2D eigenvalue weighted by molar-refractivity contribution is -0.126. The fraction of sp³-hybridized carbons (Fsp3) is 0.333. The Morgan fingerprint density at radius 3 is 2.66 bits per heavy atom. The van der Waals surface area contributed by atoms with Gasteiger partial charge in [-0.1, -0.05) is 26.5 Å². The Balaban J connectivity index is 1.72. The van der Waals surface area contributed by atoms with Gasteiger partial charge in [-0.25, -0.2) is 23.1 Å². The van der Waals surface area contributed by atoms with Crippen molar-refractivity contribution in [2.24, 2.45) is 0 Å². The van der Waals surface area contributed by atoms with Crippen LogP contribution in [0.25, 0.3) is 28.0 Å². The summed E-state index contributed by atoms with van der Waals surface area (Å²) in [7, 11) is 1.42. The van der Waals surface area contributed by atoms with Crippen LogP contribution < -0.4 is 20.1 Å². The van der Waals surface area contributed by atoms with Gasteiger partial charge in [-0.2, -0.15) is 15.0 Å². The second kappa shape index (κ2) is 10.8. The molecule has 3 aromatic heterocycles. The first-order valence-corrected chi connectivity index (χ1v) is 13.9. The number of ether oxygens (including phenoxy) is 2. The maximum absolute atomic E-state index is 16.5. The number of benzene rings is 1. The normalized spacial score (nSPS) is 16.0. The van der Waals surface area contributed by atoms with Crippen molar-refractivity contribution < 1.29 is 28.2 Å². The number of methoxy groups -OCH3 is 1. The van der Waals surface area contributed by atoms with E-state index >= 15 is 8.78 Å². The predicted octanol–water partition coefficient (Wildman–Crippen LogP) is 3.26. The fourth-order valence-corrected chi connectivity index (χ4v) is 5.76. The second-order valence-corrected chi connectivity index (χ2v) is 10.8. The number of phenolic OH excluding ortho intramolecular Hbond substituents is 1. The van der Waals surface area contributed by atoms with E-state index in [1.807, 2.05) is 13.8 Å². The average molecular weight is 606 g/mol. The van der Waals surface area contributed by atoms with Gasteiger partial charge in [-0.3, -0.25) is 4.79 Å². The molecule has 0 spiro atoms. The Kier molecular flexibility index (Phi) is 7.14. The quantitative estimate of drug-likeness (QED) is 0.338. The van der Waals surface area contributed by atoms with Crippen LogP contribution in [-0.4, -0.2) is 79.8 Å². The molecule has 1 amide bonds. The van der Waals surface area contributed by atoms with Gasteiger partial charge in [0, 0.05) is 19.6 Å². The first kappa shape index (κ1) is 29.0. The topological polar surface area (TPSA) is 136 Å². The van der Waals surface area contributed by atoms with Gasteiger partial charge in [0.1, 0.15) is 35.1 Å². The molecule has 0 unspecified atom stereocenters. The monoisotopic (exact) mass is 605 g/mol. The number of fused-ring (bicyclic) bond motifs is 2.